The third kappa shape index (κ3) is 4.17. The maximum absolute atomic E-state index is 11.0. The van der Waals surface area contributed by atoms with Gasteiger partial charge in [-0.3, -0.25) is 5.73 Å². The van der Waals surface area contributed by atoms with E-state index in [1.807, 2.05) is 0 Å². The number of benzene rings is 1. The summed E-state index contributed by atoms with van der Waals surface area (Å²) in [5.74, 6) is -26.4. The summed E-state index contributed by atoms with van der Waals surface area (Å²) in [6.45, 7) is 0. The first-order chi connectivity index (χ1) is 17.2. The van der Waals surface area contributed by atoms with Gasteiger partial charge in [0.15, 0.2) is 5.72 Å². The Bertz CT molecular complexity index is 1050. The average Bonchev–Trinajstić information content (AvgIpc) is 2.69. The van der Waals surface area contributed by atoms with Crippen LogP contribution in [0.25, 0.3) is 0 Å². The third-order valence-electron chi connectivity index (χ3n) is 6.67. The summed E-state index contributed by atoms with van der Waals surface area (Å²) in [5, 5.41) is 202. The zero-order chi connectivity index (χ0) is 32.1. The predicted molar refractivity (Wildman–Crippen MR) is 112 cm³/mol. The van der Waals surface area contributed by atoms with E-state index in [-0.39, 0.29) is 5.02 Å². The maximum Gasteiger partial charge on any atom is 0.352 e. The van der Waals surface area contributed by atoms with Gasteiger partial charge in [-0.1, -0.05) is 23.7 Å². The molecule has 23 heteroatoms. The first-order valence-corrected chi connectivity index (χ1v) is 10.4. The van der Waals surface area contributed by atoms with E-state index in [1.165, 1.54) is 0 Å². The predicted octanol–water partition coefficient (Wildman–Crippen LogP) is -11.9. The molecule has 40 heavy (non-hydrogen) atoms. The lowest BCUT2D eigenvalue weighted by Gasteiger charge is -2.73. The Labute approximate surface area is 224 Å². The summed E-state index contributed by atoms with van der Waals surface area (Å²) < 4.78 is 0. The fourth-order valence-electron chi connectivity index (χ4n) is 4.85. The van der Waals surface area contributed by atoms with Crippen LogP contribution >= 0.6 is 11.6 Å². The van der Waals surface area contributed by atoms with Crippen molar-refractivity contribution in [1.29, 1.82) is 0 Å². The Hall–Kier alpha value is -1.37. The molecule has 2 rings (SSSR count). The van der Waals surface area contributed by atoms with E-state index in [0.717, 1.165) is 0 Å². The second-order valence-electron chi connectivity index (χ2n) is 9.11. The van der Waals surface area contributed by atoms with E-state index >= 15 is 0 Å². The number of nitrogens with zero attached hydrogens (tertiary/aromatic N) is 1. The maximum atomic E-state index is 11.0. The molecular formula is C17H27ClN2O20. The van der Waals surface area contributed by atoms with Crippen molar-refractivity contribution in [1.82, 2.24) is 4.90 Å². The summed E-state index contributed by atoms with van der Waals surface area (Å²) in [6, 6.07) is -2.40. The van der Waals surface area contributed by atoms with Crippen LogP contribution < -0.4 is 5.73 Å². The normalized spacial score (nSPS) is 27.0. The zero-order valence-electron chi connectivity index (χ0n) is 19.2. The molecule has 1 aromatic carbocycles. The number of hydrogen-bond donors (Lipinski definition) is 21. The molecule has 1 aliphatic carbocycles. The fraction of sp³-hybridized carbons (Fsp3) is 0.647. The van der Waals surface area contributed by atoms with Crippen LogP contribution in [0.1, 0.15) is 5.56 Å². The second-order valence-corrected chi connectivity index (χ2v) is 9.54. The summed E-state index contributed by atoms with van der Waals surface area (Å²) in [5.41, 5.74) is -10.7. The summed E-state index contributed by atoms with van der Waals surface area (Å²) in [7, 11) is 0. The lowest BCUT2D eigenvalue weighted by Crippen LogP contribution is -3.03. The number of halogens is 1. The van der Waals surface area contributed by atoms with Crippen molar-refractivity contribution in [2.75, 3.05) is 0 Å². The van der Waals surface area contributed by atoms with Crippen LogP contribution in [0.3, 0.4) is 0 Å². The van der Waals surface area contributed by atoms with Gasteiger partial charge in [0.1, 0.15) is 11.5 Å². The smallest absolute Gasteiger partial charge is 0.352 e. The van der Waals surface area contributed by atoms with Gasteiger partial charge < -0.3 is 102 Å². The number of hydrogen-bond acceptors (Lipinski definition) is 22. The van der Waals surface area contributed by atoms with Gasteiger partial charge in [-0.05, 0) is 17.7 Å². The summed E-state index contributed by atoms with van der Waals surface area (Å²) >= 11 is 5.69. The highest BCUT2D eigenvalue weighted by Crippen LogP contribution is 2.65. The zero-order valence-corrected chi connectivity index (χ0v) is 20.0. The summed E-state index contributed by atoms with van der Waals surface area (Å²) in [4.78, 5) is -1.84. The highest BCUT2D eigenvalue weighted by molar-refractivity contribution is 6.30. The molecule has 0 aromatic heterocycles. The molecule has 0 aliphatic heterocycles. The SMILES string of the molecule is NC1(O)C(O)(O)C(O)(O)C1(c1ccc(Cl)cc1)C(N(C(O)(O)O)C(O)(O)O)C(O)(O)C(O)(C(O)(O)O)C(O)(O)O. The molecule has 0 bridgehead atoms. The van der Waals surface area contributed by atoms with Crippen LogP contribution in [-0.4, -0.2) is 166 Å². The Kier molecular flexibility index (Phi) is 7.89. The van der Waals surface area contributed by atoms with Crippen LogP contribution in [0, 0.1) is 0 Å². The number of rotatable bonds is 9. The number of aliphatic hydroxyl groups is 20. The van der Waals surface area contributed by atoms with Crippen molar-refractivity contribution in [2.24, 2.45) is 5.73 Å². The third-order valence-corrected chi connectivity index (χ3v) is 6.92. The quantitative estimate of drug-likeness (QED) is 0.115. The lowest BCUT2D eigenvalue weighted by molar-refractivity contribution is -0.598. The van der Waals surface area contributed by atoms with Crippen molar-refractivity contribution in [3.05, 3.63) is 34.9 Å². The molecule has 1 aromatic rings. The van der Waals surface area contributed by atoms with E-state index < -0.39 is 74.7 Å². The first-order valence-electron chi connectivity index (χ1n) is 10.1. The highest BCUT2D eigenvalue weighted by atomic mass is 35.5. The molecule has 0 heterocycles. The Morgan fingerprint density at radius 2 is 0.975 bits per heavy atom. The molecule has 1 fully saturated rings. The minimum absolute atomic E-state index is 0.314. The molecule has 0 saturated heterocycles. The van der Waals surface area contributed by atoms with Gasteiger partial charge >= 0.3 is 24.1 Å². The van der Waals surface area contributed by atoms with E-state index in [0.29, 0.717) is 24.3 Å². The molecule has 3 unspecified atom stereocenters. The van der Waals surface area contributed by atoms with Gasteiger partial charge in [0, 0.05) is 5.02 Å². The minimum atomic E-state index is -5.80. The van der Waals surface area contributed by atoms with E-state index in [2.05, 4.69) is 0 Å². The van der Waals surface area contributed by atoms with Gasteiger partial charge in [-0.25, -0.2) is 0 Å². The van der Waals surface area contributed by atoms with Crippen LogP contribution in [-0.2, 0) is 5.41 Å². The molecule has 1 saturated carbocycles. The van der Waals surface area contributed by atoms with Crippen LogP contribution in [0.15, 0.2) is 24.3 Å². The minimum Gasteiger partial charge on any atom is -0.371 e. The van der Waals surface area contributed by atoms with Gasteiger partial charge in [-0.15, -0.1) is 4.90 Å². The van der Waals surface area contributed by atoms with Crippen LogP contribution in [0.2, 0.25) is 5.02 Å². The van der Waals surface area contributed by atoms with Crippen molar-refractivity contribution < 1.29 is 102 Å². The summed E-state index contributed by atoms with van der Waals surface area (Å²) in [6.07, 6.45) is -10.6. The Morgan fingerprint density at radius 3 is 1.25 bits per heavy atom. The molecule has 1 aliphatic rings. The molecule has 0 amide bonds. The molecule has 22 N–H and O–H groups in total. The standard InChI is InChI=1S/C17H27ClN2O20/c18-6-3-1-5(2-4-6)8(11(19,24)13(27,28)12(8,25)26)7(20(16(35,36)37)17(38,39)40)9(21,22)10(23,14(29,30)31)15(32,33)34/h1-4,7,21-40H,19H2. The number of nitrogens with two attached hydrogens (primary N) is 1. The van der Waals surface area contributed by atoms with Crippen LogP contribution in [0.4, 0.5) is 0 Å². The van der Waals surface area contributed by atoms with Crippen molar-refractivity contribution in [2.45, 2.75) is 64.3 Å². The molecule has 22 nitrogen and oxygen atoms in total. The monoisotopic (exact) mass is 614 g/mol. The van der Waals surface area contributed by atoms with Gasteiger partial charge in [0.2, 0.25) is 11.6 Å². The van der Waals surface area contributed by atoms with Gasteiger partial charge in [0.25, 0.3) is 11.4 Å². The first kappa shape index (κ1) is 34.8. The fourth-order valence-corrected chi connectivity index (χ4v) is 4.98. The topological polar surface area (TPSA) is 434 Å². The largest absolute Gasteiger partial charge is 0.371 e. The van der Waals surface area contributed by atoms with E-state index in [1.54, 1.807) is 0 Å². The Morgan fingerprint density at radius 1 is 0.625 bits per heavy atom. The van der Waals surface area contributed by atoms with E-state index in [9.17, 15) is 102 Å². The molecule has 232 valence electrons. The second kappa shape index (κ2) is 9.07. The van der Waals surface area contributed by atoms with Gasteiger partial charge in [0.05, 0.1) is 0 Å². The van der Waals surface area contributed by atoms with E-state index in [4.69, 9.17) is 17.3 Å². The van der Waals surface area contributed by atoms with Gasteiger partial charge in [-0.2, -0.15) is 0 Å². The molecular weight excluding hydrogens is 588 g/mol. The van der Waals surface area contributed by atoms with Crippen molar-refractivity contribution >= 4 is 11.6 Å². The Balaban J connectivity index is 3.39. The average molecular weight is 615 g/mol. The van der Waals surface area contributed by atoms with Crippen molar-refractivity contribution in [3.8, 4) is 0 Å². The molecule has 0 spiro atoms. The lowest BCUT2D eigenvalue weighted by atomic mass is 9.44. The molecule has 3 atom stereocenters. The van der Waals surface area contributed by atoms with Crippen molar-refractivity contribution in [3.63, 3.8) is 0 Å². The van der Waals surface area contributed by atoms with Crippen LogP contribution in [0.5, 0.6) is 0 Å². The highest BCUT2D eigenvalue weighted by Gasteiger charge is 2.95. The molecule has 0 radical (unpaired) electrons.